The number of halogens is 2. The smallest absolute Gasteiger partial charge is 0.237 e. The van der Waals surface area contributed by atoms with E-state index in [1.54, 1.807) is 19.4 Å². The van der Waals surface area contributed by atoms with Crippen LogP contribution in [0, 0.1) is 5.82 Å². The lowest BCUT2D eigenvalue weighted by Crippen LogP contribution is -2.23. The van der Waals surface area contributed by atoms with Gasteiger partial charge < -0.3 is 19.4 Å². The average Bonchev–Trinajstić information content (AvgIpc) is 2.94. The quantitative estimate of drug-likeness (QED) is 0.276. The van der Waals surface area contributed by atoms with Crippen LogP contribution < -0.4 is 15.4 Å². The zero-order valence-electron chi connectivity index (χ0n) is 20.7. The van der Waals surface area contributed by atoms with E-state index in [1.807, 2.05) is 48.5 Å². The number of pyridine rings is 1. The summed E-state index contributed by atoms with van der Waals surface area (Å²) in [7, 11) is 1.58. The number of methoxy groups -OCH3 is 1. The molecule has 1 saturated heterocycles. The summed E-state index contributed by atoms with van der Waals surface area (Å²) >= 11 is 6.19. The fraction of sp³-hybridized carbons (Fsp3) is 0.207. The standard InChI is InChI=1S/C29H25ClFN5O2/c1-37-29-22(3-2-12-32-29)34-23-16-26-28(17-24(23)33-20-10-13-38-14-11-20)36(21-7-4-18(30)5-8-21)27-9-6-19(31)15-25(27)35-26/h2-9,12,15-17,20,34H,10-11,13-14H2,1H3/b33-24+. The molecule has 3 aromatic rings. The Morgan fingerprint density at radius 1 is 1.05 bits per heavy atom. The summed E-state index contributed by atoms with van der Waals surface area (Å²) in [5, 5.41) is 4.86. The minimum Gasteiger partial charge on any atom is -0.480 e. The number of aromatic nitrogens is 3. The second kappa shape index (κ2) is 10.4. The largest absolute Gasteiger partial charge is 0.480 e. The van der Waals surface area contributed by atoms with Crippen molar-refractivity contribution < 1.29 is 13.9 Å². The van der Waals surface area contributed by atoms with E-state index in [4.69, 9.17) is 31.1 Å². The van der Waals surface area contributed by atoms with Gasteiger partial charge in [-0.05, 0) is 73.5 Å². The summed E-state index contributed by atoms with van der Waals surface area (Å²) in [5.41, 5.74) is 5.15. The number of anilines is 2. The van der Waals surface area contributed by atoms with Gasteiger partial charge in [-0.25, -0.2) is 14.4 Å². The fourth-order valence-electron chi connectivity index (χ4n) is 4.75. The average molecular weight is 530 g/mol. The van der Waals surface area contributed by atoms with Crippen molar-refractivity contribution in [2.45, 2.75) is 18.9 Å². The molecule has 7 nitrogen and oxygen atoms in total. The van der Waals surface area contributed by atoms with Crippen LogP contribution in [0.25, 0.3) is 28.1 Å². The summed E-state index contributed by atoms with van der Waals surface area (Å²) < 4.78 is 27.3. The summed E-state index contributed by atoms with van der Waals surface area (Å²) in [5.74, 6) is 0.117. The second-order valence-electron chi connectivity index (χ2n) is 9.07. The lowest BCUT2D eigenvalue weighted by Gasteiger charge is -2.22. The molecule has 38 heavy (non-hydrogen) atoms. The SMILES string of the molecule is COc1ncccc1Nc1cc2nc3cc(F)ccc3n(-c3ccc(Cl)cc3)c-2c/c1=N\C1CCOCC1. The van der Waals surface area contributed by atoms with Gasteiger partial charge in [0.2, 0.25) is 5.88 Å². The number of ether oxygens (including phenoxy) is 2. The van der Waals surface area contributed by atoms with Crippen LogP contribution in [0.1, 0.15) is 12.8 Å². The van der Waals surface area contributed by atoms with Crippen molar-refractivity contribution in [3.05, 3.63) is 89.1 Å². The van der Waals surface area contributed by atoms with Gasteiger partial charge in [-0.3, -0.25) is 4.99 Å². The monoisotopic (exact) mass is 529 g/mol. The van der Waals surface area contributed by atoms with Crippen molar-refractivity contribution in [2.75, 3.05) is 25.6 Å². The first-order valence-electron chi connectivity index (χ1n) is 12.4. The molecule has 3 aliphatic rings. The van der Waals surface area contributed by atoms with Crippen molar-refractivity contribution in [1.29, 1.82) is 0 Å². The number of hydrogen-bond acceptors (Lipinski definition) is 6. The van der Waals surface area contributed by atoms with E-state index in [9.17, 15) is 4.39 Å². The maximum absolute atomic E-state index is 14.3. The van der Waals surface area contributed by atoms with Crippen LogP contribution >= 0.6 is 11.6 Å². The lowest BCUT2D eigenvalue weighted by molar-refractivity contribution is 0.0864. The van der Waals surface area contributed by atoms with E-state index in [0.29, 0.717) is 41.0 Å². The Morgan fingerprint density at radius 3 is 2.66 bits per heavy atom. The Balaban J connectivity index is 1.63. The van der Waals surface area contributed by atoms with Gasteiger partial charge in [0, 0.05) is 36.2 Å². The molecule has 1 N–H and O–H groups in total. The van der Waals surface area contributed by atoms with E-state index >= 15 is 0 Å². The predicted octanol–water partition coefficient (Wildman–Crippen LogP) is 6.15. The van der Waals surface area contributed by atoms with Gasteiger partial charge in [-0.1, -0.05) is 11.6 Å². The number of benzene rings is 3. The van der Waals surface area contributed by atoms with Gasteiger partial charge in [0.05, 0.1) is 46.6 Å². The number of hydrogen-bond donors (Lipinski definition) is 1. The Morgan fingerprint density at radius 2 is 1.87 bits per heavy atom. The number of nitrogens with zero attached hydrogens (tertiary/aromatic N) is 4. The molecule has 0 saturated carbocycles. The maximum atomic E-state index is 14.3. The number of nitrogens with one attached hydrogen (secondary N) is 1. The highest BCUT2D eigenvalue weighted by atomic mass is 35.5. The first-order chi connectivity index (χ1) is 18.6. The lowest BCUT2D eigenvalue weighted by atomic mass is 10.1. The predicted molar refractivity (Wildman–Crippen MR) is 146 cm³/mol. The minimum absolute atomic E-state index is 0.129. The molecule has 0 atom stereocenters. The molecule has 192 valence electrons. The topological polar surface area (TPSA) is 73.6 Å². The van der Waals surface area contributed by atoms with E-state index in [-0.39, 0.29) is 11.9 Å². The Labute approximate surface area is 223 Å². The van der Waals surface area contributed by atoms with Crippen LogP contribution in [0.2, 0.25) is 5.02 Å². The molecule has 3 heterocycles. The Kier molecular flexibility index (Phi) is 6.66. The third-order valence-electron chi connectivity index (χ3n) is 6.58. The summed E-state index contributed by atoms with van der Waals surface area (Å²) in [4.78, 5) is 14.3. The van der Waals surface area contributed by atoms with E-state index in [2.05, 4.69) is 14.9 Å². The van der Waals surface area contributed by atoms with Gasteiger partial charge >= 0.3 is 0 Å². The van der Waals surface area contributed by atoms with Gasteiger partial charge in [0.1, 0.15) is 11.5 Å². The molecule has 0 bridgehead atoms. The van der Waals surface area contributed by atoms with Crippen LogP contribution in [0.15, 0.2) is 77.9 Å². The van der Waals surface area contributed by atoms with Crippen molar-refractivity contribution in [3.63, 3.8) is 0 Å². The highest BCUT2D eigenvalue weighted by Gasteiger charge is 2.19. The first kappa shape index (κ1) is 24.3. The van der Waals surface area contributed by atoms with Crippen LogP contribution in [0.3, 0.4) is 0 Å². The van der Waals surface area contributed by atoms with Gasteiger partial charge in [0.15, 0.2) is 0 Å². The fourth-order valence-corrected chi connectivity index (χ4v) is 4.88. The van der Waals surface area contributed by atoms with Crippen LogP contribution in [-0.2, 0) is 4.74 Å². The Bertz CT molecular complexity index is 1650. The molecular weight excluding hydrogens is 505 g/mol. The zero-order chi connectivity index (χ0) is 26.1. The highest BCUT2D eigenvalue weighted by Crippen LogP contribution is 2.32. The van der Waals surface area contributed by atoms with Gasteiger partial charge in [-0.2, -0.15) is 0 Å². The molecule has 2 aliphatic heterocycles. The molecule has 1 aliphatic carbocycles. The minimum atomic E-state index is -0.350. The third kappa shape index (κ3) is 4.80. The second-order valence-corrected chi connectivity index (χ2v) is 9.51. The Hall–Kier alpha value is -4.01. The number of rotatable bonds is 5. The molecular formula is C29H25ClFN5O2. The molecule has 1 fully saturated rings. The summed E-state index contributed by atoms with van der Waals surface area (Å²) in [6, 6.07) is 20.0. The third-order valence-corrected chi connectivity index (χ3v) is 6.84. The van der Waals surface area contributed by atoms with Crippen molar-refractivity contribution in [2.24, 2.45) is 4.99 Å². The maximum Gasteiger partial charge on any atom is 0.237 e. The molecule has 9 heteroatoms. The van der Waals surface area contributed by atoms with Gasteiger partial charge in [-0.15, -0.1) is 0 Å². The van der Waals surface area contributed by atoms with Gasteiger partial charge in [0.25, 0.3) is 0 Å². The van der Waals surface area contributed by atoms with E-state index in [0.717, 1.165) is 40.8 Å². The van der Waals surface area contributed by atoms with Crippen molar-refractivity contribution in [3.8, 4) is 23.0 Å². The van der Waals surface area contributed by atoms with Crippen molar-refractivity contribution in [1.82, 2.24) is 14.5 Å². The first-order valence-corrected chi connectivity index (χ1v) is 12.8. The molecule has 0 amide bonds. The zero-order valence-corrected chi connectivity index (χ0v) is 21.5. The van der Waals surface area contributed by atoms with Crippen molar-refractivity contribution >= 4 is 34.0 Å². The molecule has 2 aromatic carbocycles. The normalized spacial score (nSPS) is 14.8. The molecule has 0 radical (unpaired) electrons. The number of fused-ring (bicyclic) bond motifs is 2. The van der Waals surface area contributed by atoms with Crippen LogP contribution in [0.5, 0.6) is 5.88 Å². The molecule has 1 aromatic heterocycles. The molecule has 0 spiro atoms. The van der Waals surface area contributed by atoms with E-state index < -0.39 is 0 Å². The summed E-state index contributed by atoms with van der Waals surface area (Å²) in [6.07, 6.45) is 3.37. The molecule has 6 rings (SSSR count). The highest BCUT2D eigenvalue weighted by molar-refractivity contribution is 6.30. The molecule has 0 unspecified atom stereocenters. The summed E-state index contributed by atoms with van der Waals surface area (Å²) in [6.45, 7) is 1.37. The van der Waals surface area contributed by atoms with E-state index in [1.165, 1.54) is 12.1 Å². The van der Waals surface area contributed by atoms with Crippen LogP contribution in [-0.4, -0.2) is 40.9 Å². The van der Waals surface area contributed by atoms with Crippen LogP contribution in [0.4, 0.5) is 15.8 Å².